The summed E-state index contributed by atoms with van der Waals surface area (Å²) in [7, 11) is 0. The van der Waals surface area contributed by atoms with Gasteiger partial charge in [0.05, 0.1) is 11.4 Å². The second-order valence-electron chi connectivity index (χ2n) is 12.6. The summed E-state index contributed by atoms with van der Waals surface area (Å²) in [6.45, 7) is 4.69. The summed E-state index contributed by atoms with van der Waals surface area (Å²) < 4.78 is 1.29. The highest BCUT2D eigenvalue weighted by molar-refractivity contribution is 7.22. The van der Waals surface area contributed by atoms with Crippen LogP contribution in [0.3, 0.4) is 0 Å². The third-order valence-corrected chi connectivity index (χ3v) is 10.6. The second-order valence-corrected chi connectivity index (χ2v) is 13.7. The molecule has 0 saturated carbocycles. The van der Waals surface area contributed by atoms with Crippen LogP contribution in [0.4, 0.5) is 0 Å². The topological polar surface area (TPSA) is 25.8 Å². The zero-order valence-electron chi connectivity index (χ0n) is 25.7. The Balaban J connectivity index is 1.30. The normalized spacial score (nSPS) is 13.2. The zero-order valence-corrected chi connectivity index (χ0v) is 26.5. The first-order valence-corrected chi connectivity index (χ1v) is 16.6. The van der Waals surface area contributed by atoms with Crippen LogP contribution in [0.2, 0.25) is 0 Å². The molecule has 0 saturated heterocycles. The third-order valence-electron chi connectivity index (χ3n) is 9.49. The number of aromatic nitrogens is 2. The minimum absolute atomic E-state index is 0.128. The van der Waals surface area contributed by atoms with Crippen molar-refractivity contribution in [2.45, 2.75) is 19.3 Å². The molecule has 8 aromatic rings. The highest BCUT2D eigenvalue weighted by Gasteiger charge is 2.37. The van der Waals surface area contributed by atoms with E-state index in [2.05, 4.69) is 153 Å². The molecule has 0 aliphatic heterocycles. The van der Waals surface area contributed by atoms with Crippen molar-refractivity contribution in [3.05, 3.63) is 157 Å². The molecule has 0 amide bonds. The van der Waals surface area contributed by atoms with Crippen molar-refractivity contribution in [2.75, 3.05) is 0 Å². The number of benzene rings is 6. The van der Waals surface area contributed by atoms with Gasteiger partial charge in [-0.05, 0) is 68.7 Å². The van der Waals surface area contributed by atoms with Gasteiger partial charge in [-0.15, -0.1) is 11.3 Å². The maximum absolute atomic E-state index is 5.29. The van der Waals surface area contributed by atoms with Gasteiger partial charge in [-0.3, -0.25) is 0 Å². The molecule has 0 unspecified atom stereocenters. The van der Waals surface area contributed by atoms with Crippen molar-refractivity contribution in [3.8, 4) is 55.5 Å². The Morgan fingerprint density at radius 1 is 0.478 bits per heavy atom. The monoisotopic (exact) mass is 606 g/mol. The van der Waals surface area contributed by atoms with Crippen molar-refractivity contribution < 1.29 is 0 Å². The molecule has 6 aromatic carbocycles. The van der Waals surface area contributed by atoms with Gasteiger partial charge >= 0.3 is 0 Å². The van der Waals surface area contributed by atoms with E-state index < -0.39 is 0 Å². The fraction of sp³-hybridized carbons (Fsp3) is 0.0698. The highest BCUT2D eigenvalue weighted by atomic mass is 32.1. The molecular formula is C43H30N2S. The van der Waals surface area contributed by atoms with Crippen LogP contribution in [-0.2, 0) is 5.41 Å². The van der Waals surface area contributed by atoms with Gasteiger partial charge in [0.15, 0.2) is 5.82 Å². The minimum Gasteiger partial charge on any atom is -0.228 e. The molecule has 3 heteroatoms. The molecule has 0 N–H and O–H groups in total. The van der Waals surface area contributed by atoms with Gasteiger partial charge in [0.1, 0.15) is 0 Å². The SMILES string of the molecule is CC1(C)c2cc3ccccc3cc2-c2c(-c3cc(-c4ccccc4-c4cc5ccccc5s4)nc(-c4ccccc4)n3)cccc21. The number of hydrogen-bond donors (Lipinski definition) is 0. The van der Waals surface area contributed by atoms with E-state index in [0.717, 1.165) is 33.9 Å². The first kappa shape index (κ1) is 27.0. The molecular weight excluding hydrogens is 577 g/mol. The molecule has 0 radical (unpaired) electrons. The van der Waals surface area contributed by atoms with Gasteiger partial charge in [0.2, 0.25) is 0 Å². The lowest BCUT2D eigenvalue weighted by molar-refractivity contribution is 0.661. The smallest absolute Gasteiger partial charge is 0.160 e. The number of nitrogens with zero attached hydrogens (tertiary/aromatic N) is 2. The minimum atomic E-state index is -0.128. The molecule has 46 heavy (non-hydrogen) atoms. The van der Waals surface area contributed by atoms with E-state index in [0.29, 0.717) is 0 Å². The van der Waals surface area contributed by atoms with E-state index in [1.165, 1.54) is 53.6 Å². The molecule has 0 bridgehead atoms. The first-order valence-electron chi connectivity index (χ1n) is 15.7. The predicted octanol–water partition coefficient (Wildman–Crippen LogP) is 11.8. The standard InChI is InChI=1S/C43H30N2S/c1-43(2)35-21-12-20-33(41(35)34-23-28-15-6-7-16-29(28)24-36(34)43)38-26-37(44-42(45-38)27-13-4-3-5-14-27)31-18-9-10-19-32(31)40-25-30-17-8-11-22-39(30)46-40/h3-26H,1-2H3. The van der Waals surface area contributed by atoms with Crippen LogP contribution >= 0.6 is 11.3 Å². The summed E-state index contributed by atoms with van der Waals surface area (Å²) in [5.74, 6) is 0.729. The summed E-state index contributed by atoms with van der Waals surface area (Å²) in [5, 5.41) is 3.79. The molecule has 218 valence electrons. The molecule has 0 fully saturated rings. The first-order chi connectivity index (χ1) is 22.5. The lowest BCUT2D eigenvalue weighted by Gasteiger charge is -2.22. The molecule has 1 aliphatic carbocycles. The Labute approximate surface area is 272 Å². The predicted molar refractivity (Wildman–Crippen MR) is 194 cm³/mol. The molecule has 0 atom stereocenters. The van der Waals surface area contributed by atoms with Crippen LogP contribution < -0.4 is 0 Å². The number of fused-ring (bicyclic) bond motifs is 5. The molecule has 2 aromatic heterocycles. The Kier molecular flexibility index (Phi) is 6.06. The van der Waals surface area contributed by atoms with E-state index >= 15 is 0 Å². The van der Waals surface area contributed by atoms with Crippen molar-refractivity contribution in [1.29, 1.82) is 0 Å². The largest absolute Gasteiger partial charge is 0.228 e. The van der Waals surface area contributed by atoms with E-state index in [1.54, 1.807) is 0 Å². The van der Waals surface area contributed by atoms with Crippen molar-refractivity contribution in [1.82, 2.24) is 9.97 Å². The Bertz CT molecular complexity index is 2420. The van der Waals surface area contributed by atoms with Gasteiger partial charge in [0, 0.05) is 37.2 Å². The second kappa shape index (κ2) is 10.3. The zero-order chi connectivity index (χ0) is 30.8. The Morgan fingerprint density at radius 3 is 1.89 bits per heavy atom. The van der Waals surface area contributed by atoms with Crippen LogP contribution in [-0.4, -0.2) is 9.97 Å². The summed E-state index contributed by atoms with van der Waals surface area (Å²) in [4.78, 5) is 11.8. The van der Waals surface area contributed by atoms with Gasteiger partial charge in [-0.1, -0.05) is 129 Å². The molecule has 1 aliphatic rings. The van der Waals surface area contributed by atoms with Gasteiger partial charge in [-0.25, -0.2) is 9.97 Å². The van der Waals surface area contributed by atoms with E-state index in [4.69, 9.17) is 9.97 Å². The Hall–Kier alpha value is -5.38. The summed E-state index contributed by atoms with van der Waals surface area (Å²) in [5.41, 5.74) is 11.4. The maximum Gasteiger partial charge on any atom is 0.160 e. The number of hydrogen-bond acceptors (Lipinski definition) is 3. The molecule has 9 rings (SSSR count). The average Bonchev–Trinajstić information content (AvgIpc) is 3.64. The maximum atomic E-state index is 5.29. The fourth-order valence-corrected chi connectivity index (χ4v) is 8.26. The van der Waals surface area contributed by atoms with Gasteiger partial charge < -0.3 is 0 Å². The van der Waals surface area contributed by atoms with E-state index in [-0.39, 0.29) is 5.41 Å². The molecule has 0 spiro atoms. The van der Waals surface area contributed by atoms with Crippen LogP contribution in [0.1, 0.15) is 25.0 Å². The summed E-state index contributed by atoms with van der Waals surface area (Å²) in [6.07, 6.45) is 0. The van der Waals surface area contributed by atoms with Crippen LogP contribution in [0, 0.1) is 0 Å². The van der Waals surface area contributed by atoms with Crippen molar-refractivity contribution in [3.63, 3.8) is 0 Å². The number of thiophene rings is 1. The quantitative estimate of drug-likeness (QED) is 0.199. The van der Waals surface area contributed by atoms with Crippen LogP contribution in [0.5, 0.6) is 0 Å². The van der Waals surface area contributed by atoms with Gasteiger partial charge in [-0.2, -0.15) is 0 Å². The molecule has 2 nitrogen and oxygen atoms in total. The Morgan fingerprint density at radius 2 is 1.11 bits per heavy atom. The van der Waals surface area contributed by atoms with Crippen LogP contribution in [0.25, 0.3) is 76.3 Å². The van der Waals surface area contributed by atoms with Crippen molar-refractivity contribution >= 4 is 32.2 Å². The third kappa shape index (κ3) is 4.23. The molecule has 2 heterocycles. The fourth-order valence-electron chi connectivity index (χ4n) is 7.16. The average molecular weight is 607 g/mol. The lowest BCUT2D eigenvalue weighted by atomic mass is 9.81. The van der Waals surface area contributed by atoms with Gasteiger partial charge in [0.25, 0.3) is 0 Å². The number of rotatable bonds is 4. The summed E-state index contributed by atoms with van der Waals surface area (Å²) in [6, 6.07) is 52.2. The van der Waals surface area contributed by atoms with Crippen LogP contribution in [0.15, 0.2) is 146 Å². The van der Waals surface area contributed by atoms with Crippen molar-refractivity contribution in [2.24, 2.45) is 0 Å². The lowest BCUT2D eigenvalue weighted by Crippen LogP contribution is -2.14. The summed E-state index contributed by atoms with van der Waals surface area (Å²) >= 11 is 1.83. The highest BCUT2D eigenvalue weighted by Crippen LogP contribution is 2.53. The van der Waals surface area contributed by atoms with E-state index in [1.807, 2.05) is 17.4 Å². The van der Waals surface area contributed by atoms with E-state index in [9.17, 15) is 0 Å².